The zero-order valence-electron chi connectivity index (χ0n) is 9.09. The Labute approximate surface area is 84.1 Å². The number of alkyl halides is 1. The van der Waals surface area contributed by atoms with Crippen LogP contribution in [0, 0.1) is 0 Å². The van der Waals surface area contributed by atoms with Crippen molar-refractivity contribution in [1.29, 1.82) is 0 Å². The van der Waals surface area contributed by atoms with Crippen LogP contribution in [-0.2, 0) is 4.79 Å². The first kappa shape index (κ1) is 13.3. The monoisotopic (exact) mass is 207 g/mol. The van der Waals surface area contributed by atoms with Gasteiger partial charge in [0.1, 0.15) is 0 Å². The maximum atomic E-state index is 13.0. The standard InChI is InChI=1S/C9H19FN2O2/c1-12(2,3)7-5-4-6-9(10,11)8(13)14/h4-7,11H2,1-3H3/p+1/t9-/m0/s1. The van der Waals surface area contributed by atoms with Crippen LogP contribution < -0.4 is 5.73 Å². The van der Waals surface area contributed by atoms with Gasteiger partial charge >= 0.3 is 5.97 Å². The number of aliphatic carboxylic acids is 1. The van der Waals surface area contributed by atoms with E-state index in [1.54, 1.807) is 0 Å². The maximum absolute atomic E-state index is 13.0. The fraction of sp³-hybridized carbons (Fsp3) is 0.889. The zero-order valence-corrected chi connectivity index (χ0v) is 9.09. The molecule has 0 heterocycles. The number of hydrogen-bond donors (Lipinski definition) is 2. The van der Waals surface area contributed by atoms with Crippen LogP contribution in [0.5, 0.6) is 0 Å². The molecule has 4 nitrogen and oxygen atoms in total. The zero-order chi connectivity index (χ0) is 11.4. The first-order valence-electron chi connectivity index (χ1n) is 4.67. The van der Waals surface area contributed by atoms with Gasteiger partial charge in [-0.05, 0) is 12.8 Å². The minimum absolute atomic E-state index is 0.123. The molecule has 84 valence electrons. The van der Waals surface area contributed by atoms with E-state index in [4.69, 9.17) is 10.8 Å². The molecule has 0 amide bonds. The fourth-order valence-electron chi connectivity index (χ4n) is 1.08. The summed E-state index contributed by atoms with van der Waals surface area (Å²) in [6, 6.07) is 0. The molecule has 5 heteroatoms. The summed E-state index contributed by atoms with van der Waals surface area (Å²) in [6.45, 7) is 0.885. The molecule has 0 radical (unpaired) electrons. The number of carboxylic acids is 1. The molecule has 0 aliphatic carbocycles. The lowest BCUT2D eigenvalue weighted by molar-refractivity contribution is -0.870. The molecular formula is C9H20FN2O2+. The predicted octanol–water partition coefficient (Wildman–Crippen LogP) is 0.572. The lowest BCUT2D eigenvalue weighted by Crippen LogP contribution is -2.43. The molecule has 0 aromatic rings. The quantitative estimate of drug-likeness (QED) is 0.380. The average molecular weight is 207 g/mol. The van der Waals surface area contributed by atoms with Gasteiger partial charge in [-0.2, -0.15) is 0 Å². The van der Waals surface area contributed by atoms with Gasteiger partial charge in [0.15, 0.2) is 0 Å². The first-order chi connectivity index (χ1) is 6.15. The maximum Gasteiger partial charge on any atom is 0.356 e. The SMILES string of the molecule is C[N+](C)(C)CCCC[C@@](N)(F)C(=O)O. The van der Waals surface area contributed by atoms with Gasteiger partial charge in [0, 0.05) is 6.42 Å². The topological polar surface area (TPSA) is 63.3 Å². The molecule has 0 aromatic carbocycles. The van der Waals surface area contributed by atoms with Crippen molar-refractivity contribution in [3.8, 4) is 0 Å². The second kappa shape index (κ2) is 4.70. The third-order valence-corrected chi connectivity index (χ3v) is 1.98. The Kier molecular flexibility index (Phi) is 4.48. The van der Waals surface area contributed by atoms with Crippen LogP contribution in [0.3, 0.4) is 0 Å². The predicted molar refractivity (Wildman–Crippen MR) is 52.4 cm³/mol. The van der Waals surface area contributed by atoms with E-state index in [0.29, 0.717) is 6.42 Å². The van der Waals surface area contributed by atoms with Crippen molar-refractivity contribution in [1.82, 2.24) is 0 Å². The number of nitrogens with zero attached hydrogens (tertiary/aromatic N) is 1. The van der Waals surface area contributed by atoms with Crippen molar-refractivity contribution in [2.24, 2.45) is 5.73 Å². The summed E-state index contributed by atoms with van der Waals surface area (Å²) >= 11 is 0. The second-order valence-electron chi connectivity index (χ2n) is 4.64. The van der Waals surface area contributed by atoms with Crippen molar-refractivity contribution in [2.45, 2.75) is 25.1 Å². The van der Waals surface area contributed by atoms with Crippen LogP contribution in [-0.4, -0.2) is 49.0 Å². The molecule has 0 bridgehead atoms. The summed E-state index contributed by atoms with van der Waals surface area (Å²) in [7, 11) is 6.09. The molecule has 0 rings (SSSR count). The Morgan fingerprint density at radius 1 is 1.43 bits per heavy atom. The average Bonchev–Trinajstić information content (AvgIpc) is 1.96. The number of rotatable bonds is 6. The van der Waals surface area contributed by atoms with Crippen molar-refractivity contribution >= 4 is 5.97 Å². The van der Waals surface area contributed by atoms with Crippen molar-refractivity contribution in [2.75, 3.05) is 27.7 Å². The highest BCUT2D eigenvalue weighted by atomic mass is 19.1. The summed E-state index contributed by atoms with van der Waals surface area (Å²) in [4.78, 5) is 10.3. The number of unbranched alkanes of at least 4 members (excludes halogenated alkanes) is 1. The number of hydrogen-bond acceptors (Lipinski definition) is 2. The van der Waals surface area contributed by atoms with Gasteiger partial charge in [-0.3, -0.25) is 5.73 Å². The Bertz CT molecular complexity index is 199. The van der Waals surface area contributed by atoms with Crippen LogP contribution in [0.4, 0.5) is 4.39 Å². The lowest BCUT2D eigenvalue weighted by atomic mass is 10.1. The van der Waals surface area contributed by atoms with E-state index >= 15 is 0 Å². The molecule has 0 saturated carbocycles. The second-order valence-corrected chi connectivity index (χ2v) is 4.64. The van der Waals surface area contributed by atoms with Crippen LogP contribution in [0.15, 0.2) is 0 Å². The molecular weight excluding hydrogens is 187 g/mol. The summed E-state index contributed by atoms with van der Waals surface area (Å²) in [5.74, 6) is -4.15. The van der Waals surface area contributed by atoms with E-state index in [2.05, 4.69) is 0 Å². The smallest absolute Gasteiger partial charge is 0.356 e. The van der Waals surface area contributed by atoms with Gasteiger partial charge in [-0.1, -0.05) is 0 Å². The third-order valence-electron chi connectivity index (χ3n) is 1.98. The Hall–Kier alpha value is -0.680. The molecule has 0 saturated heterocycles. The molecule has 0 aliphatic heterocycles. The Morgan fingerprint density at radius 3 is 2.29 bits per heavy atom. The minimum Gasteiger partial charge on any atom is -0.478 e. The van der Waals surface area contributed by atoms with Crippen LogP contribution in [0.25, 0.3) is 0 Å². The molecule has 0 fully saturated rings. The Morgan fingerprint density at radius 2 is 1.93 bits per heavy atom. The van der Waals surface area contributed by atoms with Crippen LogP contribution >= 0.6 is 0 Å². The number of halogens is 1. The van der Waals surface area contributed by atoms with Crippen molar-refractivity contribution in [3.63, 3.8) is 0 Å². The van der Waals surface area contributed by atoms with Gasteiger partial charge in [-0.15, -0.1) is 0 Å². The van der Waals surface area contributed by atoms with E-state index in [-0.39, 0.29) is 6.42 Å². The fourth-order valence-corrected chi connectivity index (χ4v) is 1.08. The number of carbonyl (C=O) groups is 1. The molecule has 0 unspecified atom stereocenters. The van der Waals surface area contributed by atoms with E-state index in [1.807, 2.05) is 21.1 Å². The number of quaternary nitrogens is 1. The summed E-state index contributed by atoms with van der Waals surface area (Å²) in [6.07, 6.45) is 1.15. The van der Waals surface area contributed by atoms with Crippen LogP contribution in [0.2, 0.25) is 0 Å². The summed E-state index contributed by atoms with van der Waals surface area (Å²) in [5, 5.41) is 8.40. The molecule has 14 heavy (non-hydrogen) atoms. The van der Waals surface area contributed by atoms with Crippen molar-refractivity contribution in [3.05, 3.63) is 0 Å². The largest absolute Gasteiger partial charge is 0.478 e. The van der Waals surface area contributed by atoms with Gasteiger partial charge in [-0.25, -0.2) is 9.18 Å². The molecule has 3 N–H and O–H groups in total. The van der Waals surface area contributed by atoms with E-state index in [0.717, 1.165) is 17.4 Å². The van der Waals surface area contributed by atoms with Gasteiger partial charge in [0.25, 0.3) is 5.79 Å². The minimum atomic E-state index is -2.56. The van der Waals surface area contributed by atoms with Crippen molar-refractivity contribution < 1.29 is 18.8 Å². The van der Waals surface area contributed by atoms with E-state index in [1.165, 1.54) is 0 Å². The third kappa shape index (κ3) is 5.88. The summed E-state index contributed by atoms with van der Waals surface area (Å²) < 4.78 is 13.8. The number of carboxylic acid groups (broad SMARTS) is 1. The van der Waals surface area contributed by atoms with Gasteiger partial charge in [0.2, 0.25) is 0 Å². The molecule has 0 aromatic heterocycles. The highest BCUT2D eigenvalue weighted by Gasteiger charge is 2.32. The first-order valence-corrected chi connectivity index (χ1v) is 4.67. The molecule has 0 aliphatic rings. The summed E-state index contributed by atoms with van der Waals surface area (Å²) in [5.41, 5.74) is 4.94. The highest BCUT2D eigenvalue weighted by molar-refractivity contribution is 5.76. The number of nitrogens with two attached hydrogens (primary N) is 1. The Balaban J connectivity index is 3.70. The van der Waals surface area contributed by atoms with Crippen LogP contribution in [0.1, 0.15) is 19.3 Å². The van der Waals surface area contributed by atoms with Gasteiger partial charge in [0.05, 0.1) is 27.7 Å². The lowest BCUT2D eigenvalue weighted by Gasteiger charge is -2.24. The normalized spacial score (nSPS) is 16.4. The van der Waals surface area contributed by atoms with E-state index in [9.17, 15) is 9.18 Å². The van der Waals surface area contributed by atoms with Gasteiger partial charge < -0.3 is 9.59 Å². The molecule has 1 atom stereocenters. The highest BCUT2D eigenvalue weighted by Crippen LogP contribution is 2.13. The molecule has 0 spiro atoms. The van der Waals surface area contributed by atoms with E-state index < -0.39 is 11.8 Å².